The van der Waals surface area contributed by atoms with E-state index in [0.717, 1.165) is 39.6 Å². The number of aliphatic hydroxyl groups excluding tert-OH is 1. The molecule has 1 aromatic heterocycles. The van der Waals surface area contributed by atoms with Crippen LogP contribution in [0.15, 0.2) is 60.8 Å². The van der Waals surface area contributed by atoms with Gasteiger partial charge in [0.2, 0.25) is 6.79 Å². The largest absolute Gasteiger partial charge is 0.492 e. The normalized spacial score (nSPS) is 14.6. The molecule has 0 spiro atoms. The number of aromatic amines is 1. The van der Waals surface area contributed by atoms with Crippen molar-refractivity contribution < 1.29 is 24.1 Å². The minimum atomic E-state index is -0.432. The Morgan fingerprint density at radius 3 is 2.82 bits per heavy atom. The number of benzene rings is 3. The summed E-state index contributed by atoms with van der Waals surface area (Å²) < 4.78 is 16.8. The smallest absolute Gasteiger partial charge is 0.255 e. The average molecular weight is 456 g/mol. The summed E-state index contributed by atoms with van der Waals surface area (Å²) in [6, 6.07) is 17.2. The number of amides is 1. The Hall–Kier alpha value is -3.97. The molecule has 0 saturated carbocycles. The second kappa shape index (κ2) is 8.43. The molecule has 3 N–H and O–H groups in total. The number of ether oxygens (including phenoxy) is 3. The summed E-state index contributed by atoms with van der Waals surface area (Å²) in [6.45, 7) is 0.582. The Morgan fingerprint density at radius 2 is 1.91 bits per heavy atom. The van der Waals surface area contributed by atoms with Gasteiger partial charge in [-0.1, -0.05) is 24.3 Å². The van der Waals surface area contributed by atoms with Gasteiger partial charge >= 0.3 is 0 Å². The monoisotopic (exact) mass is 456 g/mol. The fourth-order valence-corrected chi connectivity index (χ4v) is 4.71. The minimum absolute atomic E-state index is 0.170. The van der Waals surface area contributed by atoms with E-state index in [0.29, 0.717) is 35.8 Å². The van der Waals surface area contributed by atoms with Crippen LogP contribution in [0.1, 0.15) is 21.5 Å². The maximum Gasteiger partial charge on any atom is 0.255 e. The molecule has 34 heavy (non-hydrogen) atoms. The van der Waals surface area contributed by atoms with E-state index < -0.39 is 6.04 Å². The maximum absolute atomic E-state index is 13.4. The van der Waals surface area contributed by atoms with Gasteiger partial charge < -0.3 is 29.6 Å². The van der Waals surface area contributed by atoms with Gasteiger partial charge in [0.25, 0.3) is 5.91 Å². The lowest BCUT2D eigenvalue weighted by molar-refractivity contribution is 0.0913. The third-order valence-corrected chi connectivity index (χ3v) is 6.43. The zero-order valence-electron chi connectivity index (χ0n) is 18.5. The highest BCUT2D eigenvalue weighted by molar-refractivity contribution is 5.99. The summed E-state index contributed by atoms with van der Waals surface area (Å²) in [5.41, 5.74) is 5.39. The van der Waals surface area contributed by atoms with Gasteiger partial charge in [-0.05, 0) is 59.0 Å². The first-order chi connectivity index (χ1) is 16.7. The maximum atomic E-state index is 13.4. The van der Waals surface area contributed by atoms with Gasteiger partial charge in [-0.15, -0.1) is 0 Å². The molecule has 0 unspecified atom stereocenters. The Labute approximate surface area is 196 Å². The summed E-state index contributed by atoms with van der Waals surface area (Å²) >= 11 is 0. The van der Waals surface area contributed by atoms with E-state index in [4.69, 9.17) is 14.2 Å². The fourth-order valence-electron chi connectivity index (χ4n) is 4.71. The van der Waals surface area contributed by atoms with E-state index in [1.807, 2.05) is 54.7 Å². The van der Waals surface area contributed by atoms with E-state index in [-0.39, 0.29) is 19.3 Å². The molecule has 0 bridgehead atoms. The van der Waals surface area contributed by atoms with Gasteiger partial charge in [0.05, 0.1) is 24.8 Å². The Kier molecular flexibility index (Phi) is 5.11. The molecule has 0 fully saturated rings. The molecular weight excluding hydrogens is 432 g/mol. The molecule has 0 radical (unpaired) electrons. The van der Waals surface area contributed by atoms with Crippen LogP contribution in [0.3, 0.4) is 0 Å². The Morgan fingerprint density at radius 1 is 1.03 bits per heavy atom. The van der Waals surface area contributed by atoms with Crippen LogP contribution in [-0.2, 0) is 12.8 Å². The number of hydrogen-bond acceptors (Lipinski definition) is 5. The quantitative estimate of drug-likeness (QED) is 0.410. The number of fused-ring (bicyclic) bond motifs is 3. The van der Waals surface area contributed by atoms with Crippen LogP contribution in [0.25, 0.3) is 22.0 Å². The summed E-state index contributed by atoms with van der Waals surface area (Å²) in [4.78, 5) is 16.6. The van der Waals surface area contributed by atoms with Gasteiger partial charge in [0.15, 0.2) is 11.5 Å². The molecule has 7 heteroatoms. The van der Waals surface area contributed by atoms with Crippen molar-refractivity contribution in [2.45, 2.75) is 18.9 Å². The van der Waals surface area contributed by atoms with Crippen molar-refractivity contribution >= 4 is 16.8 Å². The number of aromatic nitrogens is 1. The van der Waals surface area contributed by atoms with Gasteiger partial charge in [-0.25, -0.2) is 0 Å². The van der Waals surface area contributed by atoms with Crippen molar-refractivity contribution in [1.82, 2.24) is 10.3 Å². The lowest BCUT2D eigenvalue weighted by Crippen LogP contribution is -2.39. The van der Waals surface area contributed by atoms with Crippen molar-refractivity contribution in [2.75, 3.05) is 20.0 Å². The first-order valence-electron chi connectivity index (χ1n) is 11.4. The number of carbonyl (C=O) groups is 1. The zero-order chi connectivity index (χ0) is 23.1. The fraction of sp³-hybridized carbons (Fsp3) is 0.222. The number of para-hydroxylation sites is 1. The molecule has 7 nitrogen and oxygen atoms in total. The molecule has 2 aliphatic rings. The molecule has 3 heterocycles. The molecule has 3 aromatic carbocycles. The van der Waals surface area contributed by atoms with E-state index in [1.165, 1.54) is 0 Å². The molecule has 4 aromatic rings. The molecular formula is C27H24N2O5. The van der Waals surface area contributed by atoms with Gasteiger partial charge in [-0.2, -0.15) is 0 Å². The van der Waals surface area contributed by atoms with Gasteiger partial charge in [0, 0.05) is 23.5 Å². The van der Waals surface area contributed by atoms with Crippen LogP contribution >= 0.6 is 0 Å². The molecule has 6 rings (SSSR count). The molecule has 1 amide bonds. The van der Waals surface area contributed by atoms with E-state index in [1.54, 1.807) is 0 Å². The summed E-state index contributed by atoms with van der Waals surface area (Å²) in [5, 5.41) is 14.1. The number of nitrogens with one attached hydrogen (secondary N) is 2. The highest BCUT2D eigenvalue weighted by Gasteiger charge is 2.25. The van der Waals surface area contributed by atoms with Gasteiger partial charge in [0.1, 0.15) is 5.75 Å². The van der Waals surface area contributed by atoms with Crippen molar-refractivity contribution in [3.05, 3.63) is 77.5 Å². The molecule has 2 aliphatic heterocycles. The molecule has 0 saturated heterocycles. The van der Waals surface area contributed by atoms with Crippen molar-refractivity contribution in [3.8, 4) is 28.4 Å². The number of aliphatic hydroxyl groups is 1. The number of carbonyl (C=O) groups excluding carboxylic acids is 1. The molecule has 0 aliphatic carbocycles. The first-order valence-corrected chi connectivity index (χ1v) is 11.4. The van der Waals surface area contributed by atoms with Crippen LogP contribution < -0.4 is 19.5 Å². The Balaban J connectivity index is 1.29. The van der Waals surface area contributed by atoms with E-state index in [9.17, 15) is 9.90 Å². The second-order valence-electron chi connectivity index (χ2n) is 8.60. The first kappa shape index (κ1) is 20.6. The zero-order valence-corrected chi connectivity index (χ0v) is 18.5. The van der Waals surface area contributed by atoms with Crippen LogP contribution in [-0.4, -0.2) is 42.0 Å². The number of hydrogen-bond donors (Lipinski definition) is 3. The lowest BCUT2D eigenvalue weighted by Gasteiger charge is -2.18. The van der Waals surface area contributed by atoms with Crippen molar-refractivity contribution in [3.63, 3.8) is 0 Å². The predicted octanol–water partition coefficient (Wildman–Crippen LogP) is 3.83. The molecule has 172 valence electrons. The van der Waals surface area contributed by atoms with Crippen LogP contribution in [0.5, 0.6) is 17.2 Å². The lowest BCUT2D eigenvalue weighted by atomic mass is 9.97. The average Bonchev–Trinajstić information content (AvgIpc) is 3.62. The van der Waals surface area contributed by atoms with Crippen molar-refractivity contribution in [1.29, 1.82) is 0 Å². The Bertz CT molecular complexity index is 1390. The van der Waals surface area contributed by atoms with Crippen molar-refractivity contribution in [2.24, 2.45) is 0 Å². The van der Waals surface area contributed by atoms with E-state index in [2.05, 4.69) is 16.4 Å². The third-order valence-electron chi connectivity index (χ3n) is 6.43. The summed E-state index contributed by atoms with van der Waals surface area (Å²) in [5.74, 6) is 1.76. The SMILES string of the molecule is O=C(N[C@@H](CO)Cc1c[nH]c2ccccc12)c1cc(-c2ccc3c(c2)OCO3)cc2c1OCC2. The topological polar surface area (TPSA) is 92.8 Å². The third kappa shape index (κ3) is 3.64. The number of H-pyrrole nitrogens is 1. The highest BCUT2D eigenvalue weighted by atomic mass is 16.7. The van der Waals surface area contributed by atoms with Crippen LogP contribution in [0.2, 0.25) is 0 Å². The highest BCUT2D eigenvalue weighted by Crippen LogP contribution is 2.39. The van der Waals surface area contributed by atoms with E-state index >= 15 is 0 Å². The minimum Gasteiger partial charge on any atom is -0.492 e. The second-order valence-corrected chi connectivity index (χ2v) is 8.60. The van der Waals surface area contributed by atoms with Gasteiger partial charge in [-0.3, -0.25) is 4.79 Å². The van der Waals surface area contributed by atoms with Crippen LogP contribution in [0, 0.1) is 0 Å². The standard InChI is InChI=1S/C27H24N2O5/c30-14-20(10-19-13-28-23-4-2-1-3-21(19)23)29-27(31)22-11-18(9-17-7-8-32-26(17)22)16-5-6-24-25(12-16)34-15-33-24/h1-6,9,11-13,20,28,30H,7-8,10,14-15H2,(H,29,31)/t20-/m1/s1. The summed E-state index contributed by atoms with van der Waals surface area (Å²) in [7, 11) is 0. The van der Waals surface area contributed by atoms with Crippen LogP contribution in [0.4, 0.5) is 0 Å². The summed E-state index contributed by atoms with van der Waals surface area (Å²) in [6.07, 6.45) is 3.18. The molecule has 1 atom stereocenters. The number of rotatable bonds is 6. The predicted molar refractivity (Wildman–Crippen MR) is 128 cm³/mol.